The summed E-state index contributed by atoms with van der Waals surface area (Å²) in [5.41, 5.74) is 4.40. The van der Waals surface area contributed by atoms with E-state index in [2.05, 4.69) is 25.3 Å². The van der Waals surface area contributed by atoms with E-state index in [0.717, 1.165) is 71.2 Å². The first kappa shape index (κ1) is 54.5. The second-order valence-electron chi connectivity index (χ2n) is 19.8. The van der Waals surface area contributed by atoms with E-state index in [0.29, 0.717) is 56.9 Å². The number of fused-ring (bicyclic) bond motifs is 4. The molecule has 0 saturated heterocycles. The molecule has 0 spiro atoms. The highest BCUT2D eigenvalue weighted by molar-refractivity contribution is 7.93. The molecule has 12 rings (SSSR count). The van der Waals surface area contributed by atoms with Gasteiger partial charge in [0.15, 0.2) is 11.6 Å². The minimum atomic E-state index is -4.68. The molecule has 2 aliphatic rings. The van der Waals surface area contributed by atoms with Crippen molar-refractivity contribution in [2.75, 3.05) is 20.5 Å². The number of amides is 1. The number of carbonyl (C=O) groups is 1. The van der Waals surface area contributed by atoms with Gasteiger partial charge < -0.3 is 19.6 Å². The number of nitrogens with zero attached hydrogens (tertiary/aromatic N) is 6. The summed E-state index contributed by atoms with van der Waals surface area (Å²) in [5.74, 6) is -6.75. The van der Waals surface area contributed by atoms with Crippen LogP contribution in [0.3, 0.4) is 0 Å². The third-order valence-electron chi connectivity index (χ3n) is 12.9. The van der Waals surface area contributed by atoms with Crippen LogP contribution in [0.2, 0.25) is 0 Å². The minimum absolute atomic E-state index is 0.103. The summed E-state index contributed by atoms with van der Waals surface area (Å²) in [4.78, 5) is 54.0. The number of hydrogen-bond donors (Lipinski definition) is 4. The first-order valence-corrected chi connectivity index (χ1v) is 29.0. The maximum atomic E-state index is 15.9. The lowest BCUT2D eigenvalue weighted by Gasteiger charge is -2.20. The van der Waals surface area contributed by atoms with Crippen molar-refractivity contribution in [3.05, 3.63) is 152 Å². The largest absolute Gasteiger partial charge is 0.444 e. The van der Waals surface area contributed by atoms with Gasteiger partial charge in [-0.25, -0.2) is 67.9 Å². The van der Waals surface area contributed by atoms with Crippen molar-refractivity contribution in [3.8, 4) is 22.3 Å². The monoisotopic (exact) mass is 1190 g/mol. The molecule has 0 aliphatic heterocycles. The topological polar surface area (TPSA) is 252 Å². The lowest BCUT2D eigenvalue weighted by Crippen LogP contribution is -2.27. The zero-order chi connectivity index (χ0) is 57.6. The summed E-state index contributed by atoms with van der Waals surface area (Å²) in [6.45, 7) is 5.10. The maximum Gasteiger partial charge on any atom is 0.413 e. The fraction of sp³-hybridized carbons (Fsp3) is 0.189. The van der Waals surface area contributed by atoms with Crippen molar-refractivity contribution < 1.29 is 52.7 Å². The number of carbonyl (C=O) groups excluding carboxylic acids is 1. The minimum Gasteiger partial charge on any atom is -0.444 e. The van der Waals surface area contributed by atoms with Crippen LogP contribution in [0.15, 0.2) is 116 Å². The van der Waals surface area contributed by atoms with Crippen LogP contribution in [0.5, 0.6) is 0 Å². The van der Waals surface area contributed by atoms with E-state index >= 15 is 17.6 Å². The van der Waals surface area contributed by atoms with E-state index in [9.17, 15) is 40.0 Å². The molecule has 416 valence electrons. The number of nitrogens with two attached hydrogens (primary N) is 1. The molecule has 6 heterocycles. The number of rotatable bonds is 11. The summed E-state index contributed by atoms with van der Waals surface area (Å²) < 4.78 is 156. The smallest absolute Gasteiger partial charge is 0.413 e. The second-order valence-corrected chi connectivity index (χ2v) is 24.9. The quantitative estimate of drug-likeness (QED) is 0.0881. The van der Waals surface area contributed by atoms with E-state index in [4.69, 9.17) is 10.5 Å². The number of pyridine rings is 4. The van der Waals surface area contributed by atoms with Crippen LogP contribution < -0.4 is 31.6 Å². The number of aromatic nitrogens is 6. The van der Waals surface area contributed by atoms with Crippen LogP contribution in [-0.2, 0) is 24.8 Å². The van der Waals surface area contributed by atoms with Gasteiger partial charge in [0.05, 0.1) is 76.1 Å². The highest BCUT2D eigenvalue weighted by Crippen LogP contribution is 2.41. The number of hydrogen-bond acceptors (Lipinski definition) is 15. The molecule has 0 radical (unpaired) electrons. The molecule has 0 atom stereocenters. The highest BCUT2D eigenvalue weighted by Gasteiger charge is 2.33. The fourth-order valence-corrected chi connectivity index (χ4v) is 12.8. The fourth-order valence-electron chi connectivity index (χ4n) is 8.99. The van der Waals surface area contributed by atoms with Gasteiger partial charge in [-0.3, -0.25) is 24.4 Å². The molecule has 6 aromatic heterocycles. The Labute approximate surface area is 462 Å². The average molecular weight is 1190 g/mol. The van der Waals surface area contributed by atoms with Crippen LogP contribution in [0.1, 0.15) is 58.5 Å². The van der Waals surface area contributed by atoms with Crippen molar-refractivity contribution >= 4 is 114 Å². The second kappa shape index (κ2) is 20.3. The molecule has 0 bridgehead atoms. The van der Waals surface area contributed by atoms with Gasteiger partial charge in [-0.05, 0) is 95.0 Å². The van der Waals surface area contributed by atoms with Gasteiger partial charge in [-0.15, -0.1) is 22.7 Å². The highest BCUT2D eigenvalue weighted by atomic mass is 32.2. The zero-order valence-corrected chi connectivity index (χ0v) is 45.4. The molecule has 2 aliphatic carbocycles. The summed E-state index contributed by atoms with van der Waals surface area (Å²) in [7, 11) is -9.30. The van der Waals surface area contributed by atoms with E-state index in [1.165, 1.54) is 56.8 Å². The van der Waals surface area contributed by atoms with Gasteiger partial charge in [0.25, 0.3) is 31.2 Å². The molecule has 18 nitrogen and oxygen atoms in total. The Morgan fingerprint density at radius 2 is 1.06 bits per heavy atom. The van der Waals surface area contributed by atoms with Crippen LogP contribution in [0, 0.1) is 34.9 Å². The SMILES string of the molecule is CC(C)(C)OC(=O)Nc1cc2c(cn1)cc(-c1c(F)ccc(NS(=O)(=O)c3cc4scnc4cc3F)c1F)c(=O)n2C1CC1.Nc1cc2c(cn1)cc(-c1c(F)ccc(NS(=O)(=O)c3cc4scnc4cc3F)c1F)c(=O)n2C1CC1. The molecule has 4 aromatic carbocycles. The van der Waals surface area contributed by atoms with Crippen LogP contribution in [0.4, 0.5) is 54.1 Å². The standard InChI is InChI=1S/C29H24F3N5O5S2.C24H16F3N5O3S2/c1-29(2,3)42-28(39)35-24-10-21-14(12-33-24)8-16(27(38)37(21)15-4-5-15)25-17(30)6-7-19(26(25)32)36-44(40,41)23-11-22-20(9-18(23)31)34-13-43-22;25-14-3-4-16(31-37(34,35)20-8-19-17(6-15(20)26)30-10-36-19)23(27)22(14)13-5-11-9-29-21(28)7-18(11)32(24(13)33)12-1-2-12/h6-13,15,36H,4-5H2,1-3H3,(H,33,35,39);3-10,12,31H,1-2H2,(H2,28,29). The Hall–Kier alpha value is -8.47. The van der Waals surface area contributed by atoms with Gasteiger partial charge in [0, 0.05) is 59.5 Å². The number of benzene rings is 4. The Morgan fingerprint density at radius 1 is 0.617 bits per heavy atom. The van der Waals surface area contributed by atoms with E-state index in [-0.39, 0.29) is 45.9 Å². The van der Waals surface area contributed by atoms with E-state index in [1.54, 1.807) is 20.8 Å². The summed E-state index contributed by atoms with van der Waals surface area (Å²) >= 11 is 2.20. The molecular weight excluding hydrogens is 1150 g/mol. The Bertz CT molecular complexity index is 4660. The summed E-state index contributed by atoms with van der Waals surface area (Å²) in [6, 6.07) is 12.6. The van der Waals surface area contributed by atoms with Crippen molar-refractivity contribution in [1.29, 1.82) is 0 Å². The van der Waals surface area contributed by atoms with Gasteiger partial charge in [-0.1, -0.05) is 0 Å². The maximum absolute atomic E-state index is 15.9. The van der Waals surface area contributed by atoms with Crippen molar-refractivity contribution in [2.24, 2.45) is 0 Å². The van der Waals surface area contributed by atoms with Crippen molar-refractivity contribution in [3.63, 3.8) is 0 Å². The van der Waals surface area contributed by atoms with Gasteiger partial charge in [0.1, 0.15) is 50.3 Å². The normalized spacial score (nSPS) is 13.8. The van der Waals surface area contributed by atoms with Gasteiger partial charge in [-0.2, -0.15) is 0 Å². The number of nitrogen functional groups attached to an aromatic ring is 1. The number of halogens is 6. The number of anilines is 4. The summed E-state index contributed by atoms with van der Waals surface area (Å²) in [6.07, 6.45) is 4.67. The number of sulfonamides is 2. The first-order chi connectivity index (χ1) is 38.4. The van der Waals surface area contributed by atoms with Crippen molar-refractivity contribution in [1.82, 2.24) is 29.1 Å². The Morgan fingerprint density at radius 3 is 1.51 bits per heavy atom. The van der Waals surface area contributed by atoms with Gasteiger partial charge >= 0.3 is 6.09 Å². The number of nitrogens with one attached hydrogen (secondary N) is 3. The molecule has 81 heavy (non-hydrogen) atoms. The van der Waals surface area contributed by atoms with Crippen LogP contribution in [-0.4, -0.2) is 57.6 Å². The molecule has 0 unspecified atom stereocenters. The molecule has 2 fully saturated rings. The number of thiazole rings is 2. The van der Waals surface area contributed by atoms with E-state index < -0.39 is 110 Å². The third-order valence-corrected chi connectivity index (χ3v) is 17.2. The molecule has 28 heteroatoms. The molecule has 2 saturated carbocycles. The third kappa shape index (κ3) is 10.6. The molecule has 1 amide bonds. The Kier molecular flexibility index (Phi) is 13.6. The number of ether oxygens (including phenoxy) is 1. The lowest BCUT2D eigenvalue weighted by atomic mass is 10.0. The van der Waals surface area contributed by atoms with Crippen LogP contribution >= 0.6 is 22.7 Å². The van der Waals surface area contributed by atoms with Crippen LogP contribution in [0.25, 0.3) is 64.5 Å². The van der Waals surface area contributed by atoms with E-state index in [1.807, 2.05) is 9.44 Å². The van der Waals surface area contributed by atoms with Gasteiger partial charge in [0.2, 0.25) is 0 Å². The molecular formula is C53H40F6N10O8S4. The Balaban J connectivity index is 0.000000173. The molecule has 5 N–H and O–H groups in total. The molecule has 10 aromatic rings. The first-order valence-electron chi connectivity index (χ1n) is 24.3. The average Bonchev–Trinajstić information content (AvgIpc) is 4.49. The summed E-state index contributed by atoms with van der Waals surface area (Å²) in [5, 5.41) is 3.28. The zero-order valence-electron chi connectivity index (χ0n) is 42.1. The van der Waals surface area contributed by atoms with Crippen molar-refractivity contribution in [2.45, 2.75) is 73.9 Å². The predicted octanol–water partition coefficient (Wildman–Crippen LogP) is 11.4. The predicted molar refractivity (Wildman–Crippen MR) is 294 cm³/mol. The lowest BCUT2D eigenvalue weighted by molar-refractivity contribution is 0.0635.